The highest BCUT2D eigenvalue weighted by Crippen LogP contribution is 2.49. The van der Waals surface area contributed by atoms with Crippen molar-refractivity contribution in [3.05, 3.63) is 34.9 Å². The molecule has 1 saturated heterocycles. The summed E-state index contributed by atoms with van der Waals surface area (Å²) in [6, 6.07) is 4.64. The fourth-order valence-corrected chi connectivity index (χ4v) is 4.45. The van der Waals surface area contributed by atoms with Gasteiger partial charge in [0, 0.05) is 32.2 Å². The second-order valence-electron chi connectivity index (χ2n) is 6.57. The van der Waals surface area contributed by atoms with Gasteiger partial charge in [-0.15, -0.1) is 0 Å². The Morgan fingerprint density at radius 3 is 2.91 bits per heavy atom. The fraction of sp³-hybridized carbons (Fsp3) is 0.529. The van der Waals surface area contributed by atoms with Crippen LogP contribution in [0.5, 0.6) is 11.5 Å². The van der Waals surface area contributed by atoms with Gasteiger partial charge in [0.15, 0.2) is 11.5 Å². The third-order valence-corrected chi connectivity index (χ3v) is 5.53. The van der Waals surface area contributed by atoms with Crippen LogP contribution in [0.15, 0.2) is 23.8 Å². The van der Waals surface area contributed by atoms with E-state index in [9.17, 15) is 5.11 Å². The maximum absolute atomic E-state index is 10.3. The number of aliphatic hydroxyl groups is 1. The Morgan fingerprint density at radius 2 is 2.09 bits per heavy atom. The van der Waals surface area contributed by atoms with Crippen LogP contribution in [0.3, 0.4) is 0 Å². The zero-order valence-electron chi connectivity index (χ0n) is 12.5. The molecule has 3 aliphatic heterocycles. The van der Waals surface area contributed by atoms with E-state index < -0.39 is 6.10 Å². The molecule has 1 N–H and O–H groups in total. The lowest BCUT2D eigenvalue weighted by Gasteiger charge is -2.33. The average molecular weight is 301 g/mol. The van der Waals surface area contributed by atoms with E-state index in [-0.39, 0.29) is 6.10 Å². The molecule has 0 amide bonds. The predicted molar refractivity (Wildman–Crippen MR) is 79.0 cm³/mol. The van der Waals surface area contributed by atoms with Gasteiger partial charge in [-0.1, -0.05) is 6.08 Å². The minimum Gasteiger partial charge on any atom is -0.454 e. The van der Waals surface area contributed by atoms with Crippen LogP contribution < -0.4 is 9.47 Å². The van der Waals surface area contributed by atoms with Crippen molar-refractivity contribution in [1.82, 2.24) is 4.90 Å². The van der Waals surface area contributed by atoms with E-state index in [4.69, 9.17) is 14.2 Å². The van der Waals surface area contributed by atoms with Gasteiger partial charge in [-0.05, 0) is 35.3 Å². The normalized spacial score (nSPS) is 37.5. The van der Waals surface area contributed by atoms with Crippen molar-refractivity contribution < 1.29 is 19.3 Å². The highest BCUT2D eigenvalue weighted by Gasteiger charge is 2.46. The predicted octanol–water partition coefficient (Wildman–Crippen LogP) is 1.40. The minimum atomic E-state index is -0.505. The van der Waals surface area contributed by atoms with Crippen LogP contribution >= 0.6 is 0 Å². The molecule has 1 aromatic rings. The SMILES string of the molecule is CO[C@@H]1C[C@H]2C(=C[C@@H]1O)[C@@H]1CN2Cc2cc3c(cc21)OCO3. The zero-order valence-corrected chi connectivity index (χ0v) is 12.5. The summed E-state index contributed by atoms with van der Waals surface area (Å²) in [5, 5.41) is 10.3. The van der Waals surface area contributed by atoms with E-state index in [0.29, 0.717) is 18.8 Å². The lowest BCUT2D eigenvalue weighted by molar-refractivity contribution is -0.0108. The number of nitrogens with zero attached hydrogens (tertiary/aromatic N) is 1. The lowest BCUT2D eigenvalue weighted by atomic mass is 9.82. The highest BCUT2D eigenvalue weighted by atomic mass is 16.7. The summed E-state index contributed by atoms with van der Waals surface area (Å²) in [7, 11) is 1.68. The van der Waals surface area contributed by atoms with Crippen molar-refractivity contribution in [3.8, 4) is 11.5 Å². The number of aliphatic hydroxyl groups excluding tert-OH is 1. The molecule has 5 nitrogen and oxygen atoms in total. The Labute approximate surface area is 129 Å². The summed E-state index contributed by atoms with van der Waals surface area (Å²) in [6.45, 7) is 2.26. The summed E-state index contributed by atoms with van der Waals surface area (Å²) in [5.74, 6) is 2.06. The van der Waals surface area contributed by atoms with Gasteiger partial charge >= 0.3 is 0 Å². The number of rotatable bonds is 1. The Balaban J connectivity index is 1.59. The van der Waals surface area contributed by atoms with Gasteiger partial charge < -0.3 is 19.3 Å². The molecule has 1 aromatic carbocycles. The van der Waals surface area contributed by atoms with Crippen molar-refractivity contribution >= 4 is 0 Å². The van der Waals surface area contributed by atoms with E-state index in [2.05, 4.69) is 17.0 Å². The quantitative estimate of drug-likeness (QED) is 0.795. The molecule has 0 radical (unpaired) electrons. The minimum absolute atomic E-state index is 0.104. The lowest BCUT2D eigenvalue weighted by Crippen LogP contribution is -2.40. The monoisotopic (exact) mass is 301 g/mol. The Bertz CT molecular complexity index is 671. The summed E-state index contributed by atoms with van der Waals surface area (Å²) in [5.41, 5.74) is 4.00. The summed E-state index contributed by atoms with van der Waals surface area (Å²) in [6.07, 6.45) is 2.27. The fourth-order valence-electron chi connectivity index (χ4n) is 4.45. The zero-order chi connectivity index (χ0) is 14.8. The van der Waals surface area contributed by atoms with E-state index in [1.807, 2.05) is 6.08 Å². The third kappa shape index (κ3) is 1.64. The molecule has 22 heavy (non-hydrogen) atoms. The molecular formula is C17H19NO4. The molecule has 1 unspecified atom stereocenters. The largest absolute Gasteiger partial charge is 0.454 e. The van der Waals surface area contributed by atoms with Crippen LogP contribution in [-0.2, 0) is 11.3 Å². The molecule has 5 rings (SSSR count). The van der Waals surface area contributed by atoms with Crippen molar-refractivity contribution in [2.45, 2.75) is 37.1 Å². The van der Waals surface area contributed by atoms with Crippen molar-refractivity contribution in [2.75, 3.05) is 20.4 Å². The van der Waals surface area contributed by atoms with Gasteiger partial charge in [-0.2, -0.15) is 0 Å². The molecule has 4 aliphatic rings. The van der Waals surface area contributed by atoms with E-state index >= 15 is 0 Å². The molecule has 0 spiro atoms. The first-order valence-corrected chi connectivity index (χ1v) is 7.83. The van der Waals surface area contributed by atoms with Gasteiger partial charge in [0.2, 0.25) is 6.79 Å². The smallest absolute Gasteiger partial charge is 0.231 e. The first-order valence-electron chi connectivity index (χ1n) is 7.83. The molecule has 3 heterocycles. The topological polar surface area (TPSA) is 51.2 Å². The molecule has 0 saturated carbocycles. The second kappa shape index (κ2) is 4.47. The molecule has 5 heteroatoms. The second-order valence-corrected chi connectivity index (χ2v) is 6.57. The summed E-state index contributed by atoms with van der Waals surface area (Å²) in [4.78, 5) is 2.50. The molecule has 5 atom stereocenters. The van der Waals surface area contributed by atoms with Crippen molar-refractivity contribution in [1.29, 1.82) is 0 Å². The van der Waals surface area contributed by atoms with Gasteiger partial charge in [0.1, 0.15) is 0 Å². The standard InChI is InChI=1S/C17H19NO4/c1-20-15-5-13-11(3-14(15)19)12-7-18(13)6-9-2-16-17(4-10(9)12)22-8-21-16/h2-4,12-15,19H,5-8H2,1H3/t12-,13+,14+,15-/m1/s1. The molecular weight excluding hydrogens is 282 g/mol. The molecule has 2 bridgehead atoms. The van der Waals surface area contributed by atoms with Crippen LogP contribution in [0.2, 0.25) is 0 Å². The summed E-state index contributed by atoms with van der Waals surface area (Å²) >= 11 is 0. The van der Waals surface area contributed by atoms with Gasteiger partial charge in [0.25, 0.3) is 0 Å². The maximum Gasteiger partial charge on any atom is 0.231 e. The van der Waals surface area contributed by atoms with Crippen molar-refractivity contribution in [3.63, 3.8) is 0 Å². The van der Waals surface area contributed by atoms with Crippen LogP contribution in [0.4, 0.5) is 0 Å². The molecule has 116 valence electrons. The van der Waals surface area contributed by atoms with E-state index in [1.165, 1.54) is 16.7 Å². The Kier molecular flexibility index (Phi) is 2.63. The molecule has 1 aliphatic carbocycles. The maximum atomic E-state index is 10.3. The summed E-state index contributed by atoms with van der Waals surface area (Å²) < 4.78 is 16.5. The van der Waals surface area contributed by atoms with Crippen molar-refractivity contribution in [2.24, 2.45) is 0 Å². The van der Waals surface area contributed by atoms with Crippen LogP contribution in [0.1, 0.15) is 23.5 Å². The third-order valence-electron chi connectivity index (χ3n) is 5.53. The number of benzene rings is 1. The number of ether oxygens (including phenoxy) is 3. The molecule has 1 fully saturated rings. The van der Waals surface area contributed by atoms with Crippen LogP contribution in [0, 0.1) is 0 Å². The van der Waals surface area contributed by atoms with Crippen LogP contribution in [0.25, 0.3) is 0 Å². The van der Waals surface area contributed by atoms with E-state index in [0.717, 1.165) is 31.0 Å². The number of hydrogen-bond donors (Lipinski definition) is 1. The van der Waals surface area contributed by atoms with Gasteiger partial charge in [-0.25, -0.2) is 0 Å². The first kappa shape index (κ1) is 12.9. The Hall–Kier alpha value is -1.56. The van der Waals surface area contributed by atoms with Gasteiger partial charge in [-0.3, -0.25) is 4.90 Å². The number of hydrogen-bond acceptors (Lipinski definition) is 5. The van der Waals surface area contributed by atoms with Crippen LogP contribution in [-0.4, -0.2) is 48.7 Å². The number of methoxy groups -OCH3 is 1. The highest BCUT2D eigenvalue weighted by molar-refractivity contribution is 5.54. The Morgan fingerprint density at radius 1 is 1.27 bits per heavy atom. The first-order chi connectivity index (χ1) is 10.7. The average Bonchev–Trinajstić information content (AvgIpc) is 3.08. The van der Waals surface area contributed by atoms with Gasteiger partial charge in [0.05, 0.1) is 12.2 Å². The van der Waals surface area contributed by atoms with E-state index in [1.54, 1.807) is 7.11 Å². The molecule has 0 aromatic heterocycles. The number of fused-ring (bicyclic) bond motifs is 8.